The van der Waals surface area contributed by atoms with E-state index in [4.69, 9.17) is 9.52 Å². The Morgan fingerprint density at radius 1 is 1.26 bits per heavy atom. The minimum Gasteiger partial charge on any atom is -0.508 e. The summed E-state index contributed by atoms with van der Waals surface area (Å²) in [4.78, 5) is 15.1. The van der Waals surface area contributed by atoms with Crippen molar-refractivity contribution in [2.45, 2.75) is 25.9 Å². The van der Waals surface area contributed by atoms with E-state index in [0.717, 1.165) is 25.6 Å². The SMILES string of the molecule is O=C(O)Cc1cc(O)cc(O)c1-c1ccc(CNCCCn2ccnc2)o1. The normalized spacial score (nSPS) is 11.0. The molecular formula is C19H21N3O5. The van der Waals surface area contributed by atoms with Gasteiger partial charge in [0, 0.05) is 25.0 Å². The highest BCUT2D eigenvalue weighted by atomic mass is 16.4. The fourth-order valence-corrected chi connectivity index (χ4v) is 2.88. The summed E-state index contributed by atoms with van der Waals surface area (Å²) in [7, 11) is 0. The van der Waals surface area contributed by atoms with Crippen molar-refractivity contribution >= 4 is 5.97 Å². The Bertz CT molecular complexity index is 902. The van der Waals surface area contributed by atoms with Gasteiger partial charge in [-0.05, 0) is 36.7 Å². The molecule has 4 N–H and O–H groups in total. The number of phenolic OH excluding ortho intramolecular Hbond substituents is 2. The number of aromatic nitrogens is 2. The topological polar surface area (TPSA) is 121 Å². The lowest BCUT2D eigenvalue weighted by atomic mass is 10.0. The second-order valence-electron chi connectivity index (χ2n) is 6.17. The maximum atomic E-state index is 11.1. The summed E-state index contributed by atoms with van der Waals surface area (Å²) in [6.45, 7) is 2.18. The molecule has 8 nitrogen and oxygen atoms in total. The number of furan rings is 1. The van der Waals surface area contributed by atoms with Gasteiger partial charge in [0.2, 0.25) is 0 Å². The number of hydrogen-bond donors (Lipinski definition) is 4. The molecule has 0 aliphatic carbocycles. The summed E-state index contributed by atoms with van der Waals surface area (Å²) < 4.78 is 7.76. The molecule has 0 radical (unpaired) electrons. The number of carbonyl (C=O) groups is 1. The van der Waals surface area contributed by atoms with E-state index in [1.165, 1.54) is 6.07 Å². The molecule has 0 aliphatic heterocycles. The minimum absolute atomic E-state index is 0.196. The first-order chi connectivity index (χ1) is 13.0. The molecule has 0 spiro atoms. The number of benzene rings is 1. The van der Waals surface area contributed by atoms with Crippen LogP contribution in [0.1, 0.15) is 17.7 Å². The Hall–Kier alpha value is -3.26. The van der Waals surface area contributed by atoms with E-state index in [2.05, 4.69) is 10.3 Å². The zero-order valence-corrected chi connectivity index (χ0v) is 14.6. The number of carboxylic acids is 1. The van der Waals surface area contributed by atoms with E-state index < -0.39 is 5.97 Å². The Morgan fingerprint density at radius 2 is 2.11 bits per heavy atom. The van der Waals surface area contributed by atoms with Crippen molar-refractivity contribution in [3.8, 4) is 22.8 Å². The van der Waals surface area contributed by atoms with Gasteiger partial charge in [0.15, 0.2) is 0 Å². The van der Waals surface area contributed by atoms with Crippen LogP contribution in [0.2, 0.25) is 0 Å². The van der Waals surface area contributed by atoms with E-state index in [-0.39, 0.29) is 29.0 Å². The highest BCUT2D eigenvalue weighted by molar-refractivity contribution is 5.78. The number of rotatable bonds is 9. The third kappa shape index (κ3) is 4.89. The maximum absolute atomic E-state index is 11.1. The highest BCUT2D eigenvalue weighted by Crippen LogP contribution is 2.37. The van der Waals surface area contributed by atoms with Crippen LogP contribution in [0.25, 0.3) is 11.3 Å². The van der Waals surface area contributed by atoms with Gasteiger partial charge in [-0.1, -0.05) is 0 Å². The van der Waals surface area contributed by atoms with Crippen LogP contribution in [0.15, 0.2) is 47.4 Å². The van der Waals surface area contributed by atoms with Crippen molar-refractivity contribution in [2.24, 2.45) is 0 Å². The number of phenols is 2. The minimum atomic E-state index is -1.06. The molecule has 1 aromatic carbocycles. The number of nitrogens with zero attached hydrogens (tertiary/aromatic N) is 2. The van der Waals surface area contributed by atoms with Gasteiger partial charge in [0.1, 0.15) is 23.0 Å². The summed E-state index contributed by atoms with van der Waals surface area (Å²) in [5.41, 5.74) is 0.566. The first-order valence-corrected chi connectivity index (χ1v) is 8.55. The smallest absolute Gasteiger partial charge is 0.307 e. The molecule has 0 saturated heterocycles. The van der Waals surface area contributed by atoms with Crippen LogP contribution in [0, 0.1) is 0 Å². The molecule has 0 bridgehead atoms. The predicted molar refractivity (Wildman–Crippen MR) is 97.4 cm³/mol. The Kier molecular flexibility index (Phi) is 5.77. The van der Waals surface area contributed by atoms with Crippen LogP contribution in [0.3, 0.4) is 0 Å². The van der Waals surface area contributed by atoms with Gasteiger partial charge >= 0.3 is 5.97 Å². The van der Waals surface area contributed by atoms with Crippen LogP contribution in [0.4, 0.5) is 0 Å². The van der Waals surface area contributed by atoms with E-state index in [1.54, 1.807) is 24.7 Å². The molecular weight excluding hydrogens is 350 g/mol. The Balaban J connectivity index is 1.62. The van der Waals surface area contributed by atoms with Crippen molar-refractivity contribution in [3.63, 3.8) is 0 Å². The van der Waals surface area contributed by atoms with Gasteiger partial charge in [-0.2, -0.15) is 0 Å². The summed E-state index contributed by atoms with van der Waals surface area (Å²) in [6.07, 6.45) is 6.04. The van der Waals surface area contributed by atoms with Crippen molar-refractivity contribution in [3.05, 3.63) is 54.3 Å². The van der Waals surface area contributed by atoms with Gasteiger partial charge in [0.25, 0.3) is 0 Å². The van der Waals surface area contributed by atoms with Crippen LogP contribution in [0.5, 0.6) is 11.5 Å². The largest absolute Gasteiger partial charge is 0.508 e. The summed E-state index contributed by atoms with van der Waals surface area (Å²) >= 11 is 0. The van der Waals surface area contributed by atoms with Crippen LogP contribution in [-0.2, 0) is 24.3 Å². The number of hydrogen-bond acceptors (Lipinski definition) is 6. The van der Waals surface area contributed by atoms with Crippen molar-refractivity contribution in [1.29, 1.82) is 0 Å². The van der Waals surface area contributed by atoms with E-state index >= 15 is 0 Å². The first-order valence-electron chi connectivity index (χ1n) is 8.55. The molecule has 142 valence electrons. The monoisotopic (exact) mass is 371 g/mol. The molecule has 0 saturated carbocycles. The highest BCUT2D eigenvalue weighted by Gasteiger charge is 2.18. The fourth-order valence-electron chi connectivity index (χ4n) is 2.88. The fraction of sp³-hybridized carbons (Fsp3) is 0.263. The molecule has 2 heterocycles. The number of aryl methyl sites for hydroxylation is 1. The van der Waals surface area contributed by atoms with Gasteiger partial charge < -0.3 is 29.6 Å². The number of aliphatic carboxylic acids is 1. The van der Waals surface area contributed by atoms with Crippen molar-refractivity contribution < 1.29 is 24.5 Å². The predicted octanol–water partition coefficient (Wildman–Crippen LogP) is 2.36. The number of carboxylic acid groups (broad SMARTS) is 1. The first kappa shape index (κ1) is 18.5. The second-order valence-corrected chi connectivity index (χ2v) is 6.17. The van der Waals surface area contributed by atoms with Gasteiger partial charge in [-0.15, -0.1) is 0 Å². The lowest BCUT2D eigenvalue weighted by molar-refractivity contribution is -0.136. The van der Waals surface area contributed by atoms with Crippen molar-refractivity contribution in [1.82, 2.24) is 14.9 Å². The van der Waals surface area contributed by atoms with E-state index in [9.17, 15) is 15.0 Å². The van der Waals surface area contributed by atoms with Crippen LogP contribution in [-0.4, -0.2) is 37.4 Å². The van der Waals surface area contributed by atoms with E-state index in [1.807, 2.05) is 10.8 Å². The standard InChI is InChI=1S/C19H21N3O5/c23-14-8-13(9-18(25)26)19(16(24)10-14)17-3-2-15(27-17)11-20-4-1-6-22-7-5-21-12-22/h2-3,5,7-8,10,12,20,23-24H,1,4,6,9,11H2,(H,25,26). The molecule has 0 aliphatic rings. The van der Waals surface area contributed by atoms with Crippen molar-refractivity contribution in [2.75, 3.05) is 6.54 Å². The zero-order valence-electron chi connectivity index (χ0n) is 14.6. The van der Waals surface area contributed by atoms with Crippen LogP contribution >= 0.6 is 0 Å². The average Bonchev–Trinajstić information content (AvgIpc) is 3.25. The summed E-state index contributed by atoms with van der Waals surface area (Å²) in [5.74, 6) is -0.452. The quantitative estimate of drug-likeness (QED) is 0.426. The van der Waals surface area contributed by atoms with Gasteiger partial charge in [-0.25, -0.2) is 4.98 Å². The molecule has 0 atom stereocenters. The van der Waals surface area contributed by atoms with E-state index in [0.29, 0.717) is 18.1 Å². The molecule has 8 heteroatoms. The lowest BCUT2D eigenvalue weighted by Gasteiger charge is -2.09. The molecule has 2 aromatic heterocycles. The number of nitrogens with one attached hydrogen (secondary N) is 1. The zero-order chi connectivity index (χ0) is 19.2. The maximum Gasteiger partial charge on any atom is 0.307 e. The third-order valence-electron chi connectivity index (χ3n) is 4.06. The summed E-state index contributed by atoms with van der Waals surface area (Å²) in [5, 5.41) is 32.1. The molecule has 0 amide bonds. The van der Waals surface area contributed by atoms with Gasteiger partial charge in [-0.3, -0.25) is 4.79 Å². The Labute approximate surface area is 155 Å². The average molecular weight is 371 g/mol. The molecule has 3 rings (SSSR count). The van der Waals surface area contributed by atoms with Crippen LogP contribution < -0.4 is 5.32 Å². The summed E-state index contributed by atoms with van der Waals surface area (Å²) in [6, 6.07) is 5.94. The number of imidazole rings is 1. The second kappa shape index (κ2) is 8.41. The molecule has 0 unspecified atom stereocenters. The molecule has 0 fully saturated rings. The number of aromatic hydroxyl groups is 2. The van der Waals surface area contributed by atoms with Gasteiger partial charge in [0.05, 0.1) is 24.9 Å². The third-order valence-corrected chi connectivity index (χ3v) is 4.06. The molecule has 3 aromatic rings. The lowest BCUT2D eigenvalue weighted by Crippen LogP contribution is -2.15. The molecule has 27 heavy (non-hydrogen) atoms. The Morgan fingerprint density at radius 3 is 2.85 bits per heavy atom.